The fourth-order valence-electron chi connectivity index (χ4n) is 1.30. The van der Waals surface area contributed by atoms with Gasteiger partial charge in [0.25, 0.3) is 0 Å². The molecule has 1 nitrogen and oxygen atoms in total. The Bertz CT molecular complexity index is 354. The minimum Gasteiger partial charge on any atom is -0.289 e. The van der Waals surface area contributed by atoms with Gasteiger partial charge in [-0.25, -0.2) is 0 Å². The largest absolute Gasteiger partial charge is 0.289 e. The molecule has 0 atom stereocenters. The first-order valence-electron chi connectivity index (χ1n) is 4.52. The molecule has 2 aromatic rings. The lowest BCUT2D eigenvalue weighted by atomic mass is 10.2. The van der Waals surface area contributed by atoms with E-state index in [2.05, 4.69) is 63.0 Å². The number of halogens is 1. The molecule has 0 spiro atoms. The molecular weight excluding hydrogens is 273 g/mol. The Hall–Kier alpha value is -0.510. The molecule has 70 valence electrons. The first-order chi connectivity index (χ1) is 6.29. The van der Waals surface area contributed by atoms with Gasteiger partial charge in [0.2, 0.25) is 0 Å². The molecule has 2 heteroatoms. The van der Waals surface area contributed by atoms with Crippen LogP contribution in [0.1, 0.15) is 19.4 Å². The number of para-hydroxylation sites is 1. The summed E-state index contributed by atoms with van der Waals surface area (Å²) in [5.41, 5.74) is 2.64. The second kappa shape index (κ2) is 4.65. The van der Waals surface area contributed by atoms with E-state index in [1.54, 1.807) is 0 Å². The maximum Gasteiger partial charge on any atom is 0.0640 e. The van der Waals surface area contributed by atoms with Crippen molar-refractivity contribution < 1.29 is 0 Å². The zero-order valence-electron chi connectivity index (χ0n) is 8.21. The lowest BCUT2D eigenvalue weighted by Crippen LogP contribution is -1.71. The molecule has 1 heterocycles. The van der Waals surface area contributed by atoms with Crippen molar-refractivity contribution in [3.05, 3.63) is 36.0 Å². The fourth-order valence-corrected chi connectivity index (χ4v) is 2.14. The van der Waals surface area contributed by atoms with Crippen LogP contribution < -0.4 is 0 Å². The third-order valence-electron chi connectivity index (χ3n) is 1.87. The molecule has 0 bridgehead atoms. The van der Waals surface area contributed by atoms with Crippen molar-refractivity contribution in [1.82, 2.24) is 2.78 Å². The van der Waals surface area contributed by atoms with E-state index in [4.69, 9.17) is 0 Å². The van der Waals surface area contributed by atoms with Crippen molar-refractivity contribution in [3.63, 3.8) is 0 Å². The monoisotopic (exact) mass is 287 g/mol. The van der Waals surface area contributed by atoms with Crippen LogP contribution in [-0.4, -0.2) is 2.78 Å². The second-order valence-corrected chi connectivity index (χ2v) is 3.68. The number of fused-ring (bicyclic) bond motifs is 1. The average Bonchev–Trinajstić information content (AvgIpc) is 2.47. The standard InChI is InChI=1S/C9H8IN.C2H6/c1-7-6-11(10)9-5-3-2-4-8(7)9;1-2/h2-6H,1H3;1-2H3. The van der Waals surface area contributed by atoms with E-state index >= 15 is 0 Å². The number of aryl methyl sites for hydroxylation is 1. The summed E-state index contributed by atoms with van der Waals surface area (Å²) in [6.07, 6.45) is 2.14. The molecule has 0 aliphatic carbocycles. The van der Waals surface area contributed by atoms with E-state index in [0.717, 1.165) is 0 Å². The normalized spacial score (nSPS) is 9.54. The number of hydrogen-bond donors (Lipinski definition) is 0. The molecule has 0 fully saturated rings. The molecule has 0 aliphatic heterocycles. The van der Waals surface area contributed by atoms with Gasteiger partial charge >= 0.3 is 0 Å². The quantitative estimate of drug-likeness (QED) is 0.641. The highest BCUT2D eigenvalue weighted by Crippen LogP contribution is 2.21. The molecule has 0 radical (unpaired) electrons. The molecule has 0 unspecified atom stereocenters. The molecule has 13 heavy (non-hydrogen) atoms. The lowest BCUT2D eigenvalue weighted by molar-refractivity contribution is 1.39. The molecular formula is C11H14IN. The number of hydrogen-bond acceptors (Lipinski definition) is 0. The molecule has 0 N–H and O–H groups in total. The van der Waals surface area contributed by atoms with Gasteiger partial charge in [-0.3, -0.25) is 2.78 Å². The topological polar surface area (TPSA) is 4.93 Å². The molecule has 0 aliphatic rings. The van der Waals surface area contributed by atoms with Gasteiger partial charge in [0, 0.05) is 11.6 Å². The zero-order chi connectivity index (χ0) is 9.84. The predicted octanol–water partition coefficient (Wildman–Crippen LogP) is 4.17. The Morgan fingerprint density at radius 3 is 2.38 bits per heavy atom. The third kappa shape index (κ3) is 2.05. The summed E-state index contributed by atoms with van der Waals surface area (Å²) in [7, 11) is 0. The summed E-state index contributed by atoms with van der Waals surface area (Å²) in [6.45, 7) is 6.14. The van der Waals surface area contributed by atoms with Crippen LogP contribution in [-0.2, 0) is 0 Å². The fraction of sp³-hybridized carbons (Fsp3) is 0.273. The van der Waals surface area contributed by atoms with Crippen LogP contribution in [0.3, 0.4) is 0 Å². The Morgan fingerprint density at radius 1 is 1.15 bits per heavy atom. The highest BCUT2D eigenvalue weighted by molar-refractivity contribution is 14.1. The Balaban J connectivity index is 0.000000396. The van der Waals surface area contributed by atoms with Gasteiger partial charge in [-0.15, -0.1) is 0 Å². The molecule has 1 aromatic heterocycles. The van der Waals surface area contributed by atoms with Crippen LogP contribution in [0.4, 0.5) is 0 Å². The van der Waals surface area contributed by atoms with E-state index in [1.807, 2.05) is 13.8 Å². The van der Waals surface area contributed by atoms with E-state index < -0.39 is 0 Å². The average molecular weight is 287 g/mol. The molecule has 0 amide bonds. The maximum atomic E-state index is 2.30. The van der Waals surface area contributed by atoms with E-state index in [0.29, 0.717) is 0 Å². The Kier molecular flexibility index (Phi) is 3.78. The minimum atomic E-state index is 1.30. The van der Waals surface area contributed by atoms with Crippen LogP contribution >= 0.6 is 22.9 Å². The summed E-state index contributed by atoms with van der Waals surface area (Å²) in [5.74, 6) is 0. The maximum absolute atomic E-state index is 2.30. The van der Waals surface area contributed by atoms with Crippen molar-refractivity contribution in [2.45, 2.75) is 20.8 Å². The zero-order valence-corrected chi connectivity index (χ0v) is 10.4. The van der Waals surface area contributed by atoms with Crippen molar-refractivity contribution in [2.24, 2.45) is 0 Å². The Labute approximate surface area is 93.3 Å². The van der Waals surface area contributed by atoms with E-state index in [1.165, 1.54) is 16.5 Å². The van der Waals surface area contributed by atoms with Crippen molar-refractivity contribution in [3.8, 4) is 0 Å². The number of nitrogens with zero attached hydrogens (tertiary/aromatic N) is 1. The second-order valence-electron chi connectivity index (χ2n) is 2.64. The summed E-state index contributed by atoms with van der Waals surface area (Å²) >= 11 is 2.30. The number of aromatic nitrogens is 1. The van der Waals surface area contributed by atoms with Crippen LogP contribution in [0.2, 0.25) is 0 Å². The highest BCUT2D eigenvalue weighted by Gasteiger charge is 2.00. The van der Waals surface area contributed by atoms with Gasteiger partial charge in [0.05, 0.1) is 28.4 Å². The van der Waals surface area contributed by atoms with Crippen LogP contribution in [0, 0.1) is 6.92 Å². The van der Waals surface area contributed by atoms with Gasteiger partial charge < -0.3 is 0 Å². The number of benzene rings is 1. The van der Waals surface area contributed by atoms with Gasteiger partial charge in [-0.05, 0) is 18.6 Å². The van der Waals surface area contributed by atoms with Crippen LogP contribution in [0.25, 0.3) is 10.9 Å². The summed E-state index contributed by atoms with van der Waals surface area (Å²) in [5, 5.41) is 1.35. The minimum absolute atomic E-state index is 1.30. The molecule has 0 saturated heterocycles. The summed E-state index contributed by atoms with van der Waals surface area (Å²) in [4.78, 5) is 0. The Morgan fingerprint density at radius 2 is 1.77 bits per heavy atom. The van der Waals surface area contributed by atoms with Gasteiger partial charge in [-0.2, -0.15) is 0 Å². The van der Waals surface area contributed by atoms with Gasteiger partial charge in [0.15, 0.2) is 0 Å². The third-order valence-corrected chi connectivity index (χ3v) is 2.66. The molecule has 1 aromatic carbocycles. The first kappa shape index (κ1) is 10.6. The number of rotatable bonds is 0. The smallest absolute Gasteiger partial charge is 0.0640 e. The van der Waals surface area contributed by atoms with Gasteiger partial charge in [-0.1, -0.05) is 32.0 Å². The summed E-state index contributed by atoms with van der Waals surface area (Å²) < 4.78 is 2.13. The van der Waals surface area contributed by atoms with Crippen molar-refractivity contribution in [1.29, 1.82) is 0 Å². The van der Waals surface area contributed by atoms with Crippen molar-refractivity contribution >= 4 is 33.8 Å². The van der Waals surface area contributed by atoms with E-state index in [-0.39, 0.29) is 0 Å². The highest BCUT2D eigenvalue weighted by atomic mass is 127. The predicted molar refractivity (Wildman–Crippen MR) is 67.4 cm³/mol. The van der Waals surface area contributed by atoms with Crippen LogP contribution in [0.5, 0.6) is 0 Å². The summed E-state index contributed by atoms with van der Waals surface area (Å²) in [6, 6.07) is 8.43. The van der Waals surface area contributed by atoms with Crippen LogP contribution in [0.15, 0.2) is 30.5 Å². The molecule has 0 saturated carbocycles. The SMILES string of the molecule is CC.Cc1cn(I)c2ccccc12. The van der Waals surface area contributed by atoms with Gasteiger partial charge in [0.1, 0.15) is 0 Å². The lowest BCUT2D eigenvalue weighted by Gasteiger charge is -1.90. The van der Waals surface area contributed by atoms with Crippen molar-refractivity contribution in [2.75, 3.05) is 0 Å². The molecule has 2 rings (SSSR count). The first-order valence-corrected chi connectivity index (χ1v) is 5.48. The van der Waals surface area contributed by atoms with E-state index in [9.17, 15) is 0 Å².